The maximum absolute atomic E-state index is 12.6. The molecule has 0 aliphatic carbocycles. The number of anilines is 1. The number of nitrogen functional groups attached to an aromatic ring is 1. The van der Waals surface area contributed by atoms with E-state index in [0.29, 0.717) is 23.6 Å². The second-order valence-corrected chi connectivity index (χ2v) is 7.41. The number of methoxy groups -OCH3 is 1. The summed E-state index contributed by atoms with van der Waals surface area (Å²) in [4.78, 5) is 21.4. The Balaban J connectivity index is 2.09. The van der Waals surface area contributed by atoms with Crippen molar-refractivity contribution in [1.29, 1.82) is 0 Å². The molecule has 0 amide bonds. The van der Waals surface area contributed by atoms with Gasteiger partial charge in [0.1, 0.15) is 22.8 Å². The monoisotopic (exact) mass is 368 g/mol. The van der Waals surface area contributed by atoms with Gasteiger partial charge in [0, 0.05) is 23.7 Å². The summed E-state index contributed by atoms with van der Waals surface area (Å²) < 4.78 is 12.3. The van der Waals surface area contributed by atoms with Crippen LogP contribution in [0, 0.1) is 6.92 Å². The van der Waals surface area contributed by atoms with Crippen LogP contribution in [0.4, 0.5) is 10.6 Å². The molecule has 0 aliphatic rings. The van der Waals surface area contributed by atoms with Gasteiger partial charge in [0.25, 0.3) is 0 Å². The third-order valence-electron chi connectivity index (χ3n) is 4.12. The highest BCUT2D eigenvalue weighted by molar-refractivity contribution is 5.90. The molecule has 0 radical (unpaired) electrons. The fourth-order valence-corrected chi connectivity index (χ4v) is 2.86. The molecule has 3 aromatic heterocycles. The van der Waals surface area contributed by atoms with Crippen LogP contribution in [0.3, 0.4) is 0 Å². The van der Waals surface area contributed by atoms with Crippen LogP contribution < -0.4 is 10.5 Å². The highest BCUT2D eigenvalue weighted by atomic mass is 16.6. The summed E-state index contributed by atoms with van der Waals surface area (Å²) in [6.45, 7) is 7.41. The van der Waals surface area contributed by atoms with Crippen molar-refractivity contribution >= 4 is 22.9 Å². The van der Waals surface area contributed by atoms with Crippen molar-refractivity contribution in [1.82, 2.24) is 14.5 Å². The van der Waals surface area contributed by atoms with Crippen molar-refractivity contribution in [3.8, 4) is 5.75 Å². The molecule has 0 saturated heterocycles. The van der Waals surface area contributed by atoms with Crippen molar-refractivity contribution < 1.29 is 14.3 Å². The van der Waals surface area contributed by atoms with Gasteiger partial charge >= 0.3 is 6.09 Å². The minimum absolute atomic E-state index is 0.469. The minimum Gasteiger partial charge on any atom is -0.495 e. The number of carbonyl (C=O) groups excluding carboxylic acids is 1. The third kappa shape index (κ3) is 4.02. The number of aryl methyl sites for hydroxylation is 1. The number of pyridine rings is 2. The fraction of sp³-hybridized carbons (Fsp3) is 0.350. The van der Waals surface area contributed by atoms with Crippen LogP contribution in [0.5, 0.6) is 5.75 Å². The number of ether oxygens (including phenoxy) is 2. The number of fused-ring (bicyclic) bond motifs is 1. The van der Waals surface area contributed by atoms with Gasteiger partial charge in [0.2, 0.25) is 0 Å². The average Bonchev–Trinajstić information content (AvgIpc) is 2.94. The first kappa shape index (κ1) is 18.7. The molecule has 3 heterocycles. The van der Waals surface area contributed by atoms with Crippen molar-refractivity contribution in [2.24, 2.45) is 0 Å². The van der Waals surface area contributed by atoms with Crippen LogP contribution >= 0.6 is 0 Å². The van der Waals surface area contributed by atoms with Gasteiger partial charge in [-0.1, -0.05) is 6.07 Å². The van der Waals surface area contributed by atoms with E-state index < -0.39 is 11.7 Å². The molecule has 3 rings (SSSR count). The molecule has 2 N–H and O–H groups in total. The second kappa shape index (κ2) is 6.90. The van der Waals surface area contributed by atoms with E-state index in [0.717, 1.165) is 22.2 Å². The number of nitrogens with zero attached hydrogens (tertiary/aromatic N) is 3. The van der Waals surface area contributed by atoms with Crippen LogP contribution in [-0.4, -0.2) is 33.3 Å². The maximum atomic E-state index is 12.6. The van der Waals surface area contributed by atoms with Gasteiger partial charge in [-0.15, -0.1) is 0 Å². The summed E-state index contributed by atoms with van der Waals surface area (Å²) in [5, 5.41) is 0.830. The van der Waals surface area contributed by atoms with Crippen molar-refractivity contribution in [3.63, 3.8) is 0 Å². The Morgan fingerprint density at radius 3 is 2.63 bits per heavy atom. The zero-order valence-corrected chi connectivity index (χ0v) is 16.2. The first-order valence-electron chi connectivity index (χ1n) is 8.67. The van der Waals surface area contributed by atoms with E-state index in [1.165, 1.54) is 4.57 Å². The van der Waals surface area contributed by atoms with Crippen molar-refractivity contribution in [3.05, 3.63) is 47.4 Å². The van der Waals surface area contributed by atoms with Crippen LogP contribution in [-0.2, 0) is 11.2 Å². The molecule has 0 fully saturated rings. The number of hydrogen-bond donors (Lipinski definition) is 1. The van der Waals surface area contributed by atoms with E-state index in [4.69, 9.17) is 15.2 Å². The molecule has 3 aromatic rings. The van der Waals surface area contributed by atoms with Gasteiger partial charge in [-0.05, 0) is 51.0 Å². The minimum atomic E-state index is -0.599. The summed E-state index contributed by atoms with van der Waals surface area (Å²) in [7, 11) is 1.58. The Labute approximate surface area is 158 Å². The second-order valence-electron chi connectivity index (χ2n) is 7.41. The van der Waals surface area contributed by atoms with Gasteiger partial charge in [0.05, 0.1) is 13.3 Å². The summed E-state index contributed by atoms with van der Waals surface area (Å²) in [5.41, 5.74) is 8.48. The van der Waals surface area contributed by atoms with E-state index in [1.54, 1.807) is 25.6 Å². The van der Waals surface area contributed by atoms with Crippen LogP contribution in [0.25, 0.3) is 11.0 Å². The quantitative estimate of drug-likeness (QED) is 0.758. The molecular weight excluding hydrogens is 344 g/mol. The molecule has 0 spiro atoms. The number of carbonyl (C=O) groups is 1. The van der Waals surface area contributed by atoms with Crippen LogP contribution in [0.15, 0.2) is 30.6 Å². The lowest BCUT2D eigenvalue weighted by atomic mass is 10.0. The van der Waals surface area contributed by atoms with E-state index in [2.05, 4.69) is 9.97 Å². The van der Waals surface area contributed by atoms with Gasteiger partial charge < -0.3 is 15.2 Å². The van der Waals surface area contributed by atoms with E-state index in [-0.39, 0.29) is 0 Å². The molecule has 0 aliphatic heterocycles. The fourth-order valence-electron chi connectivity index (χ4n) is 2.86. The molecular formula is C20H24N4O3. The standard InChI is InChI=1S/C20H24N4O3/c1-12-13(6-7-17(21)23-12)8-14-11-24(19(25)27-20(2,3)4)18-16(14)9-15(26-5)10-22-18/h6-7,9-11H,8H2,1-5H3,(H2,21,23). The predicted molar refractivity (Wildman–Crippen MR) is 104 cm³/mol. The summed E-state index contributed by atoms with van der Waals surface area (Å²) in [6.07, 6.45) is 3.47. The lowest BCUT2D eigenvalue weighted by molar-refractivity contribution is 0.0543. The Morgan fingerprint density at radius 2 is 2.00 bits per heavy atom. The zero-order chi connectivity index (χ0) is 19.8. The first-order valence-corrected chi connectivity index (χ1v) is 8.67. The molecule has 0 aromatic carbocycles. The van der Waals surface area contributed by atoms with Crippen molar-refractivity contribution in [2.45, 2.75) is 39.7 Å². The predicted octanol–water partition coefficient (Wildman–Crippen LogP) is 3.70. The SMILES string of the molecule is COc1cnc2c(c1)c(Cc1ccc(N)nc1C)cn2C(=O)OC(C)(C)C. The topological polar surface area (TPSA) is 92.3 Å². The molecule has 142 valence electrons. The van der Waals surface area contributed by atoms with Gasteiger partial charge in [0.15, 0.2) is 0 Å². The highest BCUT2D eigenvalue weighted by Gasteiger charge is 2.22. The molecule has 0 atom stereocenters. The van der Waals surface area contributed by atoms with Gasteiger partial charge in [-0.3, -0.25) is 0 Å². The van der Waals surface area contributed by atoms with Crippen molar-refractivity contribution in [2.75, 3.05) is 12.8 Å². The summed E-state index contributed by atoms with van der Waals surface area (Å²) in [6, 6.07) is 5.59. The number of rotatable bonds is 3. The molecule has 7 heteroatoms. The number of hydrogen-bond acceptors (Lipinski definition) is 6. The molecule has 0 saturated carbocycles. The Hall–Kier alpha value is -3.09. The highest BCUT2D eigenvalue weighted by Crippen LogP contribution is 2.27. The molecule has 0 unspecified atom stereocenters. The zero-order valence-electron chi connectivity index (χ0n) is 16.2. The number of aromatic nitrogens is 3. The molecule has 0 bridgehead atoms. The average molecular weight is 368 g/mol. The van der Waals surface area contributed by atoms with E-state index >= 15 is 0 Å². The third-order valence-corrected chi connectivity index (χ3v) is 4.12. The normalized spacial score (nSPS) is 11.6. The largest absolute Gasteiger partial charge is 0.495 e. The Morgan fingerprint density at radius 1 is 1.26 bits per heavy atom. The first-order chi connectivity index (χ1) is 12.7. The van der Waals surface area contributed by atoms with Crippen LogP contribution in [0.2, 0.25) is 0 Å². The molecule has 27 heavy (non-hydrogen) atoms. The lowest BCUT2D eigenvalue weighted by Gasteiger charge is -2.19. The Bertz CT molecular complexity index is 1000. The molecule has 7 nitrogen and oxygen atoms in total. The summed E-state index contributed by atoms with van der Waals surface area (Å²) >= 11 is 0. The van der Waals surface area contributed by atoms with Gasteiger partial charge in [-0.25, -0.2) is 19.3 Å². The van der Waals surface area contributed by atoms with E-state index in [9.17, 15) is 4.79 Å². The summed E-state index contributed by atoms with van der Waals surface area (Å²) in [5.74, 6) is 1.11. The van der Waals surface area contributed by atoms with E-state index in [1.807, 2.05) is 39.8 Å². The lowest BCUT2D eigenvalue weighted by Crippen LogP contribution is -2.26. The van der Waals surface area contributed by atoms with Crippen LogP contribution in [0.1, 0.15) is 37.6 Å². The Kier molecular flexibility index (Phi) is 4.78. The smallest absolute Gasteiger partial charge is 0.420 e. The maximum Gasteiger partial charge on any atom is 0.420 e. The number of nitrogens with two attached hydrogens (primary N) is 1. The van der Waals surface area contributed by atoms with Gasteiger partial charge in [-0.2, -0.15) is 0 Å².